The van der Waals surface area contributed by atoms with Gasteiger partial charge in [-0.15, -0.1) is 0 Å². The van der Waals surface area contributed by atoms with E-state index in [-0.39, 0.29) is 0 Å². The van der Waals surface area contributed by atoms with E-state index in [4.69, 9.17) is 9.47 Å². The second-order valence-corrected chi connectivity index (χ2v) is 5.01. The molecule has 0 atom stereocenters. The van der Waals surface area contributed by atoms with Crippen LogP contribution in [-0.4, -0.2) is 31.0 Å². The number of nitrogens with one attached hydrogen (secondary N) is 2. The van der Waals surface area contributed by atoms with Crippen molar-refractivity contribution >= 4 is 5.82 Å². The molecule has 1 aromatic heterocycles. The fourth-order valence-corrected chi connectivity index (χ4v) is 1.88. The molecule has 0 bridgehead atoms. The van der Waals surface area contributed by atoms with Crippen LogP contribution in [0, 0.1) is 5.92 Å². The molecule has 2 aromatic rings. The van der Waals surface area contributed by atoms with Crippen LogP contribution in [0.4, 0.5) is 5.82 Å². The lowest BCUT2D eigenvalue weighted by atomic mass is 10.1. The number of ether oxygens (including phenoxy) is 2. The average molecular weight is 275 g/mol. The number of rotatable bonds is 6. The van der Waals surface area contributed by atoms with Crippen LogP contribution in [0.1, 0.15) is 13.8 Å². The molecule has 0 fully saturated rings. The Morgan fingerprint density at radius 1 is 1.20 bits per heavy atom. The average Bonchev–Trinajstić information content (AvgIpc) is 2.93. The van der Waals surface area contributed by atoms with Crippen LogP contribution >= 0.6 is 0 Å². The molecule has 20 heavy (non-hydrogen) atoms. The van der Waals surface area contributed by atoms with Gasteiger partial charge < -0.3 is 14.8 Å². The molecule has 0 amide bonds. The number of H-pyrrole nitrogens is 1. The number of benzene rings is 1. The molecule has 0 saturated heterocycles. The highest BCUT2D eigenvalue weighted by Gasteiger charge is 2.11. The standard InChI is InChI=1S/C15H21N3O2/c1-10(2)9-16-15-8-13(17-18-15)12-7-11(19-3)5-6-14(12)20-4/h5-8,10H,9H2,1-4H3,(H2,16,17,18). The lowest BCUT2D eigenvalue weighted by Crippen LogP contribution is -2.07. The lowest BCUT2D eigenvalue weighted by molar-refractivity contribution is 0.404. The number of hydrogen-bond acceptors (Lipinski definition) is 4. The van der Waals surface area contributed by atoms with Crippen molar-refractivity contribution in [1.29, 1.82) is 0 Å². The minimum Gasteiger partial charge on any atom is -0.497 e. The number of aromatic nitrogens is 2. The van der Waals surface area contributed by atoms with Crippen molar-refractivity contribution in [3.05, 3.63) is 24.3 Å². The van der Waals surface area contributed by atoms with Crippen LogP contribution < -0.4 is 14.8 Å². The van der Waals surface area contributed by atoms with Crippen LogP contribution in [-0.2, 0) is 0 Å². The zero-order valence-electron chi connectivity index (χ0n) is 12.4. The van der Waals surface area contributed by atoms with Gasteiger partial charge in [0.2, 0.25) is 0 Å². The third-order valence-corrected chi connectivity index (χ3v) is 2.97. The highest BCUT2D eigenvalue weighted by Crippen LogP contribution is 2.33. The zero-order valence-corrected chi connectivity index (χ0v) is 12.4. The summed E-state index contributed by atoms with van der Waals surface area (Å²) in [5.74, 6) is 2.97. The summed E-state index contributed by atoms with van der Waals surface area (Å²) in [7, 11) is 3.30. The number of anilines is 1. The molecule has 108 valence electrons. The molecule has 1 aromatic carbocycles. The van der Waals surface area contributed by atoms with Crippen molar-refractivity contribution in [3.8, 4) is 22.8 Å². The third kappa shape index (κ3) is 3.23. The molecule has 0 radical (unpaired) electrons. The Kier molecular flexibility index (Phi) is 4.50. The largest absolute Gasteiger partial charge is 0.497 e. The smallest absolute Gasteiger partial charge is 0.148 e. The van der Waals surface area contributed by atoms with E-state index >= 15 is 0 Å². The Hall–Kier alpha value is -2.17. The highest BCUT2D eigenvalue weighted by molar-refractivity contribution is 5.71. The normalized spacial score (nSPS) is 10.7. The van der Waals surface area contributed by atoms with Gasteiger partial charge in [-0.1, -0.05) is 13.8 Å². The Balaban J connectivity index is 2.26. The summed E-state index contributed by atoms with van der Waals surface area (Å²) in [6, 6.07) is 7.66. The summed E-state index contributed by atoms with van der Waals surface area (Å²) in [6.07, 6.45) is 0. The van der Waals surface area contributed by atoms with Gasteiger partial charge in [0.25, 0.3) is 0 Å². The summed E-state index contributed by atoms with van der Waals surface area (Å²) in [4.78, 5) is 0. The van der Waals surface area contributed by atoms with Gasteiger partial charge in [0, 0.05) is 18.2 Å². The summed E-state index contributed by atoms with van der Waals surface area (Å²) >= 11 is 0. The first-order valence-corrected chi connectivity index (χ1v) is 6.65. The topological polar surface area (TPSA) is 59.2 Å². The quantitative estimate of drug-likeness (QED) is 0.850. The van der Waals surface area contributed by atoms with E-state index < -0.39 is 0 Å². The second kappa shape index (κ2) is 6.32. The number of nitrogens with zero attached hydrogens (tertiary/aromatic N) is 1. The first kappa shape index (κ1) is 14.2. The zero-order chi connectivity index (χ0) is 14.5. The van der Waals surface area contributed by atoms with Crippen LogP contribution in [0.15, 0.2) is 24.3 Å². The number of methoxy groups -OCH3 is 2. The van der Waals surface area contributed by atoms with Crippen molar-refractivity contribution in [2.75, 3.05) is 26.1 Å². The Morgan fingerprint density at radius 2 is 2.00 bits per heavy atom. The molecule has 2 N–H and O–H groups in total. The summed E-state index contributed by atoms with van der Waals surface area (Å²) in [5, 5.41) is 10.6. The maximum atomic E-state index is 5.38. The van der Waals surface area contributed by atoms with E-state index in [0.29, 0.717) is 5.92 Å². The van der Waals surface area contributed by atoms with E-state index in [2.05, 4.69) is 29.4 Å². The summed E-state index contributed by atoms with van der Waals surface area (Å²) < 4.78 is 10.6. The lowest BCUT2D eigenvalue weighted by Gasteiger charge is -2.08. The predicted octanol–water partition coefficient (Wildman–Crippen LogP) is 3.16. The summed E-state index contributed by atoms with van der Waals surface area (Å²) in [6.45, 7) is 5.21. The third-order valence-electron chi connectivity index (χ3n) is 2.97. The SMILES string of the molecule is COc1ccc(OC)c(-c2cc(NCC(C)C)n[nH]2)c1. The molecule has 0 aliphatic rings. The molecule has 1 heterocycles. The van der Waals surface area contributed by atoms with E-state index in [1.54, 1.807) is 14.2 Å². The van der Waals surface area contributed by atoms with Gasteiger partial charge in [0.05, 0.1) is 19.9 Å². The van der Waals surface area contributed by atoms with Gasteiger partial charge in [0.1, 0.15) is 17.3 Å². The first-order chi connectivity index (χ1) is 9.63. The van der Waals surface area contributed by atoms with Crippen LogP contribution in [0.25, 0.3) is 11.3 Å². The second-order valence-electron chi connectivity index (χ2n) is 5.01. The number of hydrogen-bond donors (Lipinski definition) is 2. The maximum absolute atomic E-state index is 5.38. The molecular weight excluding hydrogens is 254 g/mol. The van der Waals surface area contributed by atoms with Gasteiger partial charge >= 0.3 is 0 Å². The molecular formula is C15H21N3O2. The first-order valence-electron chi connectivity index (χ1n) is 6.65. The van der Waals surface area contributed by atoms with E-state index in [1.165, 1.54) is 0 Å². The minimum atomic E-state index is 0.571. The van der Waals surface area contributed by atoms with Crippen LogP contribution in [0.5, 0.6) is 11.5 Å². The minimum absolute atomic E-state index is 0.571. The Bertz CT molecular complexity index is 564. The Morgan fingerprint density at radius 3 is 2.65 bits per heavy atom. The molecule has 5 heteroatoms. The van der Waals surface area contributed by atoms with Crippen molar-refractivity contribution < 1.29 is 9.47 Å². The summed E-state index contributed by atoms with van der Waals surface area (Å²) in [5.41, 5.74) is 1.82. The fourth-order valence-electron chi connectivity index (χ4n) is 1.88. The molecule has 2 rings (SSSR count). The van der Waals surface area contributed by atoms with Gasteiger partial charge in [0.15, 0.2) is 0 Å². The van der Waals surface area contributed by atoms with E-state index in [0.717, 1.165) is 35.1 Å². The van der Waals surface area contributed by atoms with Crippen LogP contribution in [0.2, 0.25) is 0 Å². The van der Waals surface area contributed by atoms with Crippen molar-refractivity contribution in [1.82, 2.24) is 10.2 Å². The molecule has 0 saturated carbocycles. The predicted molar refractivity (Wildman–Crippen MR) is 80.5 cm³/mol. The van der Waals surface area contributed by atoms with Gasteiger partial charge in [-0.25, -0.2) is 0 Å². The van der Waals surface area contributed by atoms with Crippen molar-refractivity contribution in [2.45, 2.75) is 13.8 Å². The molecule has 0 unspecified atom stereocenters. The molecule has 0 aliphatic heterocycles. The van der Waals surface area contributed by atoms with Gasteiger partial charge in [-0.3, -0.25) is 5.10 Å². The molecule has 0 spiro atoms. The van der Waals surface area contributed by atoms with Gasteiger partial charge in [-0.2, -0.15) is 5.10 Å². The molecule has 0 aliphatic carbocycles. The Labute approximate surface area is 119 Å². The van der Waals surface area contributed by atoms with Crippen molar-refractivity contribution in [3.63, 3.8) is 0 Å². The molecule has 5 nitrogen and oxygen atoms in total. The monoisotopic (exact) mass is 275 g/mol. The maximum Gasteiger partial charge on any atom is 0.148 e. The highest BCUT2D eigenvalue weighted by atomic mass is 16.5. The van der Waals surface area contributed by atoms with Gasteiger partial charge in [-0.05, 0) is 24.1 Å². The van der Waals surface area contributed by atoms with E-state index in [1.807, 2.05) is 24.3 Å². The van der Waals surface area contributed by atoms with Crippen LogP contribution in [0.3, 0.4) is 0 Å². The fraction of sp³-hybridized carbons (Fsp3) is 0.400. The van der Waals surface area contributed by atoms with E-state index in [9.17, 15) is 0 Å². The van der Waals surface area contributed by atoms with Crippen molar-refractivity contribution in [2.24, 2.45) is 5.92 Å². The number of aromatic amines is 1.